The molecule has 0 aromatic heterocycles. The molecule has 0 bridgehead atoms. The highest BCUT2D eigenvalue weighted by Gasteiger charge is 2.20. The van der Waals surface area contributed by atoms with E-state index in [9.17, 15) is 28.1 Å². The van der Waals surface area contributed by atoms with E-state index >= 15 is 0 Å². The average Bonchev–Trinajstić information content (AvgIpc) is 2.48. The number of nitro groups is 1. The Kier molecular flexibility index (Phi) is 4.46. The summed E-state index contributed by atoms with van der Waals surface area (Å²) >= 11 is 5.79. The number of halogens is 4. The third-order valence-electron chi connectivity index (χ3n) is 2.93. The van der Waals surface area contributed by atoms with Crippen molar-refractivity contribution in [2.24, 2.45) is 0 Å². The highest BCUT2D eigenvalue weighted by Crippen LogP contribution is 2.24. The van der Waals surface area contributed by atoms with Gasteiger partial charge in [0.15, 0.2) is 23.2 Å². The molecule has 0 amide bonds. The van der Waals surface area contributed by atoms with Gasteiger partial charge >= 0.3 is 0 Å². The summed E-state index contributed by atoms with van der Waals surface area (Å²) in [6, 6.07) is 4.83. The van der Waals surface area contributed by atoms with Gasteiger partial charge in [0.2, 0.25) is 0 Å². The third-order valence-corrected chi connectivity index (χ3v) is 3.26. The number of carbonyl (C=O) groups excluding carboxylic acids is 1. The Morgan fingerprint density at radius 3 is 2.45 bits per heavy atom. The highest BCUT2D eigenvalue weighted by atomic mass is 35.5. The molecule has 0 atom stereocenters. The van der Waals surface area contributed by atoms with Gasteiger partial charge in [-0.15, -0.1) is 0 Å². The van der Waals surface area contributed by atoms with E-state index < -0.39 is 34.6 Å². The standard InChI is InChI=1S/C14H7ClF3NO3/c15-10-3-2-8(19(21)22)6-9(10)12(20)5-7-1-4-11(16)14(18)13(7)17/h1-4,6H,5H2. The smallest absolute Gasteiger partial charge is 0.270 e. The van der Waals surface area contributed by atoms with Crippen LogP contribution in [0, 0.1) is 27.6 Å². The minimum absolute atomic E-state index is 0.0569. The lowest BCUT2D eigenvalue weighted by Crippen LogP contribution is -2.08. The maximum Gasteiger partial charge on any atom is 0.270 e. The van der Waals surface area contributed by atoms with Crippen LogP contribution in [0.15, 0.2) is 30.3 Å². The molecule has 0 unspecified atom stereocenters. The summed E-state index contributed by atoms with van der Waals surface area (Å²) in [7, 11) is 0. The Labute approximate surface area is 127 Å². The van der Waals surface area contributed by atoms with Crippen molar-refractivity contribution >= 4 is 23.1 Å². The summed E-state index contributed by atoms with van der Waals surface area (Å²) in [5, 5.41) is 10.6. The molecular formula is C14H7ClF3NO3. The Balaban J connectivity index is 2.36. The van der Waals surface area contributed by atoms with Crippen LogP contribution in [0.1, 0.15) is 15.9 Å². The Bertz CT molecular complexity index is 780. The van der Waals surface area contributed by atoms with Crippen molar-refractivity contribution in [2.75, 3.05) is 0 Å². The van der Waals surface area contributed by atoms with Gasteiger partial charge in [-0.2, -0.15) is 0 Å². The van der Waals surface area contributed by atoms with Crippen LogP contribution in [0.5, 0.6) is 0 Å². The molecule has 0 saturated heterocycles. The number of carbonyl (C=O) groups is 1. The van der Waals surface area contributed by atoms with Crippen LogP contribution in [0.25, 0.3) is 0 Å². The van der Waals surface area contributed by atoms with Gasteiger partial charge in [0.05, 0.1) is 9.95 Å². The molecule has 0 aliphatic heterocycles. The molecule has 0 fully saturated rings. The topological polar surface area (TPSA) is 60.2 Å². The molecular weight excluding hydrogens is 323 g/mol. The first-order valence-electron chi connectivity index (χ1n) is 5.90. The molecule has 0 aliphatic rings. The number of nitrogens with zero attached hydrogens (tertiary/aromatic N) is 1. The number of Topliss-reactive ketones (excluding diaryl/α,β-unsaturated/α-hetero) is 1. The van der Waals surface area contributed by atoms with Crippen LogP contribution >= 0.6 is 11.6 Å². The van der Waals surface area contributed by atoms with Crippen molar-refractivity contribution in [3.05, 3.63) is 74.0 Å². The van der Waals surface area contributed by atoms with Crippen LogP contribution in [0.4, 0.5) is 18.9 Å². The van der Waals surface area contributed by atoms with Gasteiger partial charge in [0.1, 0.15) is 0 Å². The zero-order valence-corrected chi connectivity index (χ0v) is 11.5. The van der Waals surface area contributed by atoms with E-state index in [4.69, 9.17) is 11.6 Å². The first-order chi connectivity index (χ1) is 10.3. The van der Waals surface area contributed by atoms with Crippen LogP contribution in [-0.4, -0.2) is 10.7 Å². The number of non-ortho nitro benzene ring substituents is 1. The lowest BCUT2D eigenvalue weighted by molar-refractivity contribution is -0.384. The Hall–Kier alpha value is -2.41. The predicted molar refractivity (Wildman–Crippen MR) is 72.5 cm³/mol. The molecule has 0 N–H and O–H groups in total. The van der Waals surface area contributed by atoms with Crippen molar-refractivity contribution in [1.29, 1.82) is 0 Å². The second kappa shape index (κ2) is 6.15. The number of nitro benzene ring substituents is 1. The summed E-state index contributed by atoms with van der Waals surface area (Å²) in [6.45, 7) is 0. The van der Waals surface area contributed by atoms with E-state index in [1.807, 2.05) is 0 Å². The predicted octanol–water partition coefficient (Wildman–Crippen LogP) is 4.09. The number of hydrogen-bond acceptors (Lipinski definition) is 3. The molecule has 2 rings (SSSR count). The number of rotatable bonds is 4. The minimum atomic E-state index is -1.68. The first-order valence-corrected chi connectivity index (χ1v) is 6.28. The quantitative estimate of drug-likeness (QED) is 0.367. The SMILES string of the molecule is O=C(Cc1ccc(F)c(F)c1F)c1cc([N+](=O)[O-])ccc1Cl. The number of hydrogen-bond donors (Lipinski definition) is 0. The summed E-state index contributed by atoms with van der Waals surface area (Å²) in [5.74, 6) is -5.29. The van der Waals surface area contributed by atoms with Gasteiger partial charge in [0, 0.05) is 24.1 Å². The lowest BCUT2D eigenvalue weighted by atomic mass is 10.0. The summed E-state index contributed by atoms with van der Waals surface area (Å²) in [6.07, 6.45) is -0.607. The summed E-state index contributed by atoms with van der Waals surface area (Å²) in [5.41, 5.74) is -0.926. The number of benzene rings is 2. The van der Waals surface area contributed by atoms with Crippen molar-refractivity contribution < 1.29 is 22.9 Å². The Morgan fingerprint density at radius 2 is 1.82 bits per heavy atom. The molecule has 22 heavy (non-hydrogen) atoms. The fourth-order valence-electron chi connectivity index (χ4n) is 1.81. The van der Waals surface area contributed by atoms with E-state index in [1.165, 1.54) is 0 Å². The van der Waals surface area contributed by atoms with E-state index in [0.717, 1.165) is 24.3 Å². The van der Waals surface area contributed by atoms with Gasteiger partial charge in [-0.05, 0) is 17.7 Å². The monoisotopic (exact) mass is 329 g/mol. The maximum absolute atomic E-state index is 13.5. The number of ketones is 1. The zero-order chi connectivity index (χ0) is 16.4. The van der Waals surface area contributed by atoms with Crippen LogP contribution in [0.3, 0.4) is 0 Å². The van der Waals surface area contributed by atoms with Gasteiger partial charge < -0.3 is 0 Å². The van der Waals surface area contributed by atoms with E-state index in [1.54, 1.807) is 0 Å². The van der Waals surface area contributed by atoms with Crippen molar-refractivity contribution in [2.45, 2.75) is 6.42 Å². The fraction of sp³-hybridized carbons (Fsp3) is 0.0714. The molecule has 0 aliphatic carbocycles. The van der Waals surface area contributed by atoms with Crippen molar-refractivity contribution in [3.63, 3.8) is 0 Å². The zero-order valence-electron chi connectivity index (χ0n) is 10.8. The highest BCUT2D eigenvalue weighted by molar-refractivity contribution is 6.34. The van der Waals surface area contributed by atoms with Gasteiger partial charge in [-0.25, -0.2) is 13.2 Å². The molecule has 8 heteroatoms. The molecule has 114 valence electrons. The van der Waals surface area contributed by atoms with Crippen LogP contribution in [-0.2, 0) is 6.42 Å². The Morgan fingerprint density at radius 1 is 1.14 bits per heavy atom. The first kappa shape index (κ1) is 16.0. The molecule has 0 saturated carbocycles. The van der Waals surface area contributed by atoms with Crippen LogP contribution in [0.2, 0.25) is 5.02 Å². The van der Waals surface area contributed by atoms with Gasteiger partial charge in [-0.1, -0.05) is 17.7 Å². The molecule has 4 nitrogen and oxygen atoms in total. The second-order valence-electron chi connectivity index (χ2n) is 4.36. The van der Waals surface area contributed by atoms with Crippen molar-refractivity contribution in [1.82, 2.24) is 0 Å². The summed E-state index contributed by atoms with van der Waals surface area (Å²) < 4.78 is 39.5. The van der Waals surface area contributed by atoms with Gasteiger partial charge in [-0.3, -0.25) is 14.9 Å². The van der Waals surface area contributed by atoms with E-state index in [2.05, 4.69) is 0 Å². The molecule has 0 radical (unpaired) electrons. The molecule has 0 heterocycles. The molecule has 0 spiro atoms. The maximum atomic E-state index is 13.5. The fourth-order valence-corrected chi connectivity index (χ4v) is 2.03. The summed E-state index contributed by atoms with van der Waals surface area (Å²) in [4.78, 5) is 22.0. The normalized spacial score (nSPS) is 10.5. The van der Waals surface area contributed by atoms with Crippen molar-refractivity contribution in [3.8, 4) is 0 Å². The molecule has 2 aromatic carbocycles. The lowest BCUT2D eigenvalue weighted by Gasteiger charge is -2.06. The largest absolute Gasteiger partial charge is 0.294 e. The van der Waals surface area contributed by atoms with Crippen LogP contribution < -0.4 is 0 Å². The van der Waals surface area contributed by atoms with Gasteiger partial charge in [0.25, 0.3) is 5.69 Å². The molecule has 2 aromatic rings. The van der Waals surface area contributed by atoms with E-state index in [0.29, 0.717) is 6.07 Å². The average molecular weight is 330 g/mol. The third kappa shape index (κ3) is 3.09. The second-order valence-corrected chi connectivity index (χ2v) is 4.76. The van der Waals surface area contributed by atoms with E-state index in [-0.39, 0.29) is 21.8 Å². The minimum Gasteiger partial charge on any atom is -0.294 e.